The molecule has 0 radical (unpaired) electrons. The lowest BCUT2D eigenvalue weighted by Crippen LogP contribution is -2.34. The van der Waals surface area contributed by atoms with Crippen molar-refractivity contribution in [1.29, 1.82) is 0 Å². The molecule has 1 aliphatic carbocycles. The fraction of sp³-hybridized carbons (Fsp3) is 0.455. The van der Waals surface area contributed by atoms with E-state index in [-0.39, 0.29) is 23.6 Å². The first-order valence-electron chi connectivity index (χ1n) is 10.4. The minimum atomic E-state index is -0.185. The van der Waals surface area contributed by atoms with Crippen molar-refractivity contribution in [1.82, 2.24) is 14.7 Å². The van der Waals surface area contributed by atoms with Crippen LogP contribution in [-0.2, 0) is 0 Å². The van der Waals surface area contributed by atoms with Gasteiger partial charge >= 0.3 is 5.56 Å². The minimum absolute atomic E-state index is 0.154. The highest BCUT2D eigenvalue weighted by molar-refractivity contribution is 6.01. The zero-order chi connectivity index (χ0) is 20.5. The van der Waals surface area contributed by atoms with Gasteiger partial charge in [-0.3, -0.25) is 4.79 Å². The van der Waals surface area contributed by atoms with Crippen LogP contribution in [0.5, 0.6) is 0 Å². The predicted octanol–water partition coefficient (Wildman–Crippen LogP) is 2.85. The molecule has 152 valence electrons. The fourth-order valence-corrected chi connectivity index (χ4v) is 3.91. The molecule has 0 saturated heterocycles. The van der Waals surface area contributed by atoms with Gasteiger partial charge in [0.25, 0.3) is 11.6 Å². The molecule has 3 aromatic heterocycles. The van der Waals surface area contributed by atoms with Crippen molar-refractivity contribution in [2.24, 2.45) is 0 Å². The molecule has 1 amide bonds. The Bertz CT molecular complexity index is 1130. The van der Waals surface area contributed by atoms with E-state index < -0.39 is 0 Å². The van der Waals surface area contributed by atoms with E-state index >= 15 is 0 Å². The molecule has 1 aliphatic rings. The van der Waals surface area contributed by atoms with Crippen molar-refractivity contribution < 1.29 is 9.78 Å². The van der Waals surface area contributed by atoms with Crippen LogP contribution in [0.4, 0.5) is 5.82 Å². The number of fused-ring (bicyclic) bond motifs is 2. The zero-order valence-corrected chi connectivity index (χ0v) is 17.2. The quantitative estimate of drug-likeness (QED) is 0.651. The maximum Gasteiger partial charge on any atom is 0.325 e. The van der Waals surface area contributed by atoms with Gasteiger partial charge in [0, 0.05) is 17.6 Å². The molecule has 4 rings (SSSR count). The van der Waals surface area contributed by atoms with Gasteiger partial charge in [0.05, 0.1) is 6.20 Å². The molecule has 0 aromatic carbocycles. The second-order valence-electron chi connectivity index (χ2n) is 8.03. The normalized spacial score (nSPS) is 15.7. The summed E-state index contributed by atoms with van der Waals surface area (Å²) in [5.41, 5.74) is 2.37. The third-order valence-corrected chi connectivity index (χ3v) is 5.83. The number of amides is 1. The SMILES string of the molecule is CC[C@H](C)Nc1nc2[nH+]c3c(C)cccn3c(=O)c2cc1C(=O)NC1CCCC1. The van der Waals surface area contributed by atoms with Crippen LogP contribution in [-0.4, -0.2) is 27.4 Å². The number of anilines is 1. The Morgan fingerprint density at radius 3 is 2.86 bits per heavy atom. The molecule has 1 saturated carbocycles. The van der Waals surface area contributed by atoms with Gasteiger partial charge in [0.2, 0.25) is 11.5 Å². The lowest BCUT2D eigenvalue weighted by molar-refractivity contribution is -0.319. The number of rotatable bonds is 5. The van der Waals surface area contributed by atoms with Gasteiger partial charge < -0.3 is 10.6 Å². The first-order chi connectivity index (χ1) is 14.0. The van der Waals surface area contributed by atoms with Crippen LogP contribution in [0, 0.1) is 6.92 Å². The Hall–Kier alpha value is -2.96. The molecule has 3 N–H and O–H groups in total. The zero-order valence-electron chi connectivity index (χ0n) is 17.2. The number of carbonyl (C=O) groups excluding carboxylic acids is 1. The average molecular weight is 394 g/mol. The molecular weight excluding hydrogens is 366 g/mol. The van der Waals surface area contributed by atoms with Crippen LogP contribution in [0.15, 0.2) is 29.2 Å². The monoisotopic (exact) mass is 394 g/mol. The Labute approximate surface area is 169 Å². The Morgan fingerprint density at radius 2 is 2.14 bits per heavy atom. The summed E-state index contributed by atoms with van der Waals surface area (Å²) < 4.78 is 1.57. The molecule has 7 nitrogen and oxygen atoms in total. The lowest BCUT2D eigenvalue weighted by Gasteiger charge is -2.16. The molecule has 0 unspecified atom stereocenters. The molecule has 3 aromatic rings. The van der Waals surface area contributed by atoms with E-state index in [0.29, 0.717) is 28.1 Å². The highest BCUT2D eigenvalue weighted by Gasteiger charge is 2.25. The number of nitrogens with zero attached hydrogens (tertiary/aromatic N) is 2. The molecule has 7 heteroatoms. The highest BCUT2D eigenvalue weighted by atomic mass is 16.2. The summed E-state index contributed by atoms with van der Waals surface area (Å²) in [4.78, 5) is 34.1. The maximum atomic E-state index is 13.1. The highest BCUT2D eigenvalue weighted by Crippen LogP contribution is 2.22. The van der Waals surface area contributed by atoms with Crippen molar-refractivity contribution in [3.05, 3.63) is 45.9 Å². The Balaban J connectivity index is 1.88. The van der Waals surface area contributed by atoms with Gasteiger partial charge in [0.1, 0.15) is 10.9 Å². The molecule has 0 aliphatic heterocycles. The van der Waals surface area contributed by atoms with Crippen molar-refractivity contribution >= 4 is 28.4 Å². The summed E-state index contributed by atoms with van der Waals surface area (Å²) in [5, 5.41) is 6.86. The van der Waals surface area contributed by atoms with E-state index in [4.69, 9.17) is 0 Å². The molecule has 0 spiro atoms. The van der Waals surface area contributed by atoms with Crippen LogP contribution in [0.1, 0.15) is 61.9 Å². The maximum absolute atomic E-state index is 13.1. The third-order valence-electron chi connectivity index (χ3n) is 5.83. The topological polar surface area (TPSA) is 89.6 Å². The predicted molar refractivity (Wildman–Crippen MR) is 113 cm³/mol. The van der Waals surface area contributed by atoms with Gasteiger partial charge in [-0.25, -0.2) is 9.78 Å². The number of aromatic nitrogens is 3. The van der Waals surface area contributed by atoms with E-state index in [0.717, 1.165) is 37.7 Å². The largest absolute Gasteiger partial charge is 0.353 e. The summed E-state index contributed by atoms with van der Waals surface area (Å²) in [5.74, 6) is 0.335. The van der Waals surface area contributed by atoms with Crippen molar-refractivity contribution in [3.63, 3.8) is 0 Å². The average Bonchev–Trinajstić information content (AvgIpc) is 3.21. The van der Waals surface area contributed by atoms with Crippen LogP contribution >= 0.6 is 0 Å². The summed E-state index contributed by atoms with van der Waals surface area (Å²) in [6.07, 6.45) is 6.90. The van der Waals surface area contributed by atoms with Crippen LogP contribution in [0.2, 0.25) is 0 Å². The Morgan fingerprint density at radius 1 is 1.38 bits per heavy atom. The van der Waals surface area contributed by atoms with E-state index in [1.807, 2.05) is 26.0 Å². The standard InChI is InChI=1S/C22H27N5O2/c1-4-14(3)23-18-16(21(28)24-15-9-5-6-10-15)12-17-19(25-18)26-20-13(2)8-7-11-27(20)22(17)29/h7-8,11-12,14-15H,4-6,9-10H2,1-3H3,(H,23,25)(H,24,28)/p+1/t14-/m0/s1. The van der Waals surface area contributed by atoms with Crippen LogP contribution < -0.4 is 21.2 Å². The lowest BCUT2D eigenvalue weighted by atomic mass is 10.1. The molecule has 1 fully saturated rings. The van der Waals surface area contributed by atoms with Crippen molar-refractivity contribution in [3.8, 4) is 0 Å². The molecule has 0 bridgehead atoms. The van der Waals surface area contributed by atoms with Crippen LogP contribution in [0.25, 0.3) is 16.7 Å². The van der Waals surface area contributed by atoms with Gasteiger partial charge in [-0.05, 0) is 51.3 Å². The van der Waals surface area contributed by atoms with Gasteiger partial charge in [-0.1, -0.05) is 24.7 Å². The molecule has 29 heavy (non-hydrogen) atoms. The Kier molecular flexibility index (Phi) is 5.22. The fourth-order valence-electron chi connectivity index (χ4n) is 3.91. The van der Waals surface area contributed by atoms with Crippen LogP contribution in [0.3, 0.4) is 0 Å². The summed E-state index contributed by atoms with van der Waals surface area (Å²) in [6, 6.07) is 5.80. The first kappa shape index (κ1) is 19.4. The number of H-pyrrole nitrogens is 1. The minimum Gasteiger partial charge on any atom is -0.353 e. The molecule has 3 heterocycles. The second kappa shape index (κ2) is 7.81. The second-order valence-corrected chi connectivity index (χ2v) is 8.03. The van der Waals surface area contributed by atoms with E-state index in [2.05, 4.69) is 27.5 Å². The first-order valence-corrected chi connectivity index (χ1v) is 10.4. The summed E-state index contributed by atoms with van der Waals surface area (Å²) in [7, 11) is 0. The molecular formula is C22H28N5O2+. The number of pyridine rings is 2. The van der Waals surface area contributed by atoms with Crippen molar-refractivity contribution in [2.75, 3.05) is 5.32 Å². The number of hydrogen-bond donors (Lipinski definition) is 2. The molecule has 1 atom stereocenters. The number of carbonyl (C=O) groups is 1. The van der Waals surface area contributed by atoms with E-state index in [1.165, 1.54) is 0 Å². The summed E-state index contributed by atoms with van der Waals surface area (Å²) >= 11 is 0. The third kappa shape index (κ3) is 3.69. The number of nitrogens with one attached hydrogen (secondary N) is 3. The van der Waals surface area contributed by atoms with Gasteiger partial charge in [-0.2, -0.15) is 4.40 Å². The van der Waals surface area contributed by atoms with Gasteiger partial charge in [0.15, 0.2) is 0 Å². The number of hydrogen-bond acceptors (Lipinski definition) is 4. The van der Waals surface area contributed by atoms with Crippen molar-refractivity contribution in [2.45, 2.75) is 65.0 Å². The van der Waals surface area contributed by atoms with E-state index in [1.54, 1.807) is 16.7 Å². The summed E-state index contributed by atoms with van der Waals surface area (Å²) in [6.45, 7) is 6.07. The van der Waals surface area contributed by atoms with Gasteiger partial charge in [-0.15, -0.1) is 0 Å². The smallest absolute Gasteiger partial charge is 0.325 e. The van der Waals surface area contributed by atoms with E-state index in [9.17, 15) is 9.59 Å². The number of aryl methyl sites for hydroxylation is 1. The number of aromatic amines is 1.